The van der Waals surface area contributed by atoms with Crippen molar-refractivity contribution in [1.82, 2.24) is 0 Å². The first-order valence-electron chi connectivity index (χ1n) is 5.80. The molecule has 1 N–H and O–H groups in total. The number of carbonyl (C=O) groups excluding carboxylic acids is 1. The highest BCUT2D eigenvalue weighted by atomic mass is 31.2. The molecular weight excluding hydrogens is 259 g/mol. The molecule has 0 aliphatic rings. The number of carboxylic acids is 1. The number of hydrogen-bond donors (Lipinski definition) is 1. The summed E-state index contributed by atoms with van der Waals surface area (Å²) in [6.07, 6.45) is -0.709. The lowest BCUT2D eigenvalue weighted by molar-refractivity contribution is -0.142. The molecule has 0 bridgehead atoms. The van der Waals surface area contributed by atoms with Gasteiger partial charge in [0.05, 0.1) is 19.6 Å². The Morgan fingerprint density at radius 2 is 1.61 bits per heavy atom. The highest BCUT2D eigenvalue weighted by molar-refractivity contribution is 7.54. The first-order valence-corrected chi connectivity index (χ1v) is 7.53. The molecule has 106 valence electrons. The Morgan fingerprint density at radius 1 is 1.17 bits per heavy atom. The van der Waals surface area contributed by atoms with E-state index in [1.54, 1.807) is 13.8 Å². The number of Topliss-reactive ketones (excluding diaryl/α,β-unsaturated/α-hetero) is 1. The summed E-state index contributed by atoms with van der Waals surface area (Å²) in [5, 5.41) is 8.72. The maximum Gasteiger partial charge on any atom is 0.338 e. The summed E-state index contributed by atoms with van der Waals surface area (Å²) in [6, 6.07) is 0. The first kappa shape index (κ1) is 17.3. The number of carboxylic acid groups (broad SMARTS) is 1. The van der Waals surface area contributed by atoms with Crippen molar-refractivity contribution in [2.24, 2.45) is 5.41 Å². The second-order valence-corrected chi connectivity index (χ2v) is 6.54. The van der Waals surface area contributed by atoms with Gasteiger partial charge in [-0.15, -0.1) is 0 Å². The van der Waals surface area contributed by atoms with Crippen LogP contribution < -0.4 is 0 Å². The van der Waals surface area contributed by atoms with Gasteiger partial charge in [0.1, 0.15) is 6.16 Å². The van der Waals surface area contributed by atoms with E-state index < -0.39 is 30.9 Å². The monoisotopic (exact) mass is 280 g/mol. The van der Waals surface area contributed by atoms with E-state index >= 15 is 0 Å². The van der Waals surface area contributed by atoms with E-state index in [4.69, 9.17) is 14.2 Å². The predicted molar refractivity (Wildman–Crippen MR) is 66.8 cm³/mol. The van der Waals surface area contributed by atoms with Crippen molar-refractivity contribution >= 4 is 19.3 Å². The van der Waals surface area contributed by atoms with Crippen LogP contribution in [-0.4, -0.2) is 36.2 Å². The summed E-state index contributed by atoms with van der Waals surface area (Å²) >= 11 is 0. The topological polar surface area (TPSA) is 89.9 Å². The average molecular weight is 280 g/mol. The van der Waals surface area contributed by atoms with Crippen LogP contribution in [0.1, 0.15) is 34.1 Å². The summed E-state index contributed by atoms with van der Waals surface area (Å²) in [7, 11) is -3.46. The number of aliphatic carboxylic acids is 1. The summed E-state index contributed by atoms with van der Waals surface area (Å²) in [6.45, 7) is 6.66. The zero-order valence-corrected chi connectivity index (χ0v) is 12.2. The second kappa shape index (κ2) is 7.02. The molecule has 0 rings (SSSR count). The fraction of sp³-hybridized carbons (Fsp3) is 0.818. The van der Waals surface area contributed by atoms with Gasteiger partial charge in [-0.05, 0) is 13.8 Å². The molecule has 0 spiro atoms. The van der Waals surface area contributed by atoms with Crippen LogP contribution in [0, 0.1) is 5.41 Å². The smallest absolute Gasteiger partial charge is 0.338 e. The molecule has 0 atom stereocenters. The summed E-state index contributed by atoms with van der Waals surface area (Å²) in [5.74, 6) is -1.51. The Bertz CT molecular complexity index is 339. The maximum absolute atomic E-state index is 12.1. The third-order valence-corrected chi connectivity index (χ3v) is 4.31. The lowest BCUT2D eigenvalue weighted by Crippen LogP contribution is -2.30. The quantitative estimate of drug-likeness (QED) is 0.652. The van der Waals surface area contributed by atoms with Crippen molar-refractivity contribution in [2.45, 2.75) is 34.1 Å². The normalized spacial score (nSPS) is 12.4. The second-order valence-electron chi connectivity index (χ2n) is 4.48. The van der Waals surface area contributed by atoms with Gasteiger partial charge in [-0.3, -0.25) is 14.2 Å². The van der Waals surface area contributed by atoms with Gasteiger partial charge in [-0.25, -0.2) is 0 Å². The Balaban J connectivity index is 4.79. The molecule has 0 fully saturated rings. The summed E-state index contributed by atoms with van der Waals surface area (Å²) in [4.78, 5) is 22.6. The van der Waals surface area contributed by atoms with E-state index in [1.165, 1.54) is 13.8 Å². The van der Waals surface area contributed by atoms with Crippen molar-refractivity contribution in [1.29, 1.82) is 0 Å². The van der Waals surface area contributed by atoms with Crippen LogP contribution in [0.2, 0.25) is 0 Å². The molecule has 18 heavy (non-hydrogen) atoms. The Labute approximate surface area is 107 Å². The Kier molecular flexibility index (Phi) is 6.74. The van der Waals surface area contributed by atoms with E-state index in [9.17, 15) is 14.2 Å². The van der Waals surface area contributed by atoms with Gasteiger partial charge in [0, 0.05) is 5.41 Å². The van der Waals surface area contributed by atoms with Crippen LogP contribution in [0.3, 0.4) is 0 Å². The minimum atomic E-state index is -3.46. The van der Waals surface area contributed by atoms with E-state index in [0.29, 0.717) is 0 Å². The molecule has 0 heterocycles. The molecule has 0 aromatic heterocycles. The largest absolute Gasteiger partial charge is 0.481 e. The SMILES string of the molecule is CCOP(=O)(CC(=O)C(C)(C)CC(=O)O)OCC. The highest BCUT2D eigenvalue weighted by Gasteiger charge is 2.37. The minimum Gasteiger partial charge on any atom is -0.481 e. The van der Waals surface area contributed by atoms with Crippen LogP contribution in [0.5, 0.6) is 0 Å². The molecule has 0 aliphatic heterocycles. The highest BCUT2D eigenvalue weighted by Crippen LogP contribution is 2.49. The average Bonchev–Trinajstić information content (AvgIpc) is 2.15. The number of ketones is 1. The van der Waals surface area contributed by atoms with Gasteiger partial charge >= 0.3 is 13.6 Å². The Morgan fingerprint density at radius 3 is 1.94 bits per heavy atom. The van der Waals surface area contributed by atoms with Crippen molar-refractivity contribution in [3.05, 3.63) is 0 Å². The molecule has 7 heteroatoms. The Hall–Kier alpha value is -0.710. The lowest BCUT2D eigenvalue weighted by Gasteiger charge is -2.24. The van der Waals surface area contributed by atoms with Crippen LogP contribution in [0.25, 0.3) is 0 Å². The molecule has 0 saturated heterocycles. The fourth-order valence-electron chi connectivity index (χ4n) is 1.39. The first-order chi connectivity index (χ1) is 8.17. The molecule has 0 radical (unpaired) electrons. The maximum atomic E-state index is 12.1. The molecule has 0 aromatic carbocycles. The zero-order chi connectivity index (χ0) is 14.4. The standard InChI is InChI=1S/C11H21O6P/c1-5-16-18(15,17-6-2)8-9(12)11(3,4)7-10(13)14/h5-8H2,1-4H3,(H,13,14). The lowest BCUT2D eigenvalue weighted by atomic mass is 9.85. The molecule has 0 amide bonds. The van der Waals surface area contributed by atoms with Gasteiger partial charge in [-0.1, -0.05) is 13.8 Å². The zero-order valence-electron chi connectivity index (χ0n) is 11.3. The van der Waals surface area contributed by atoms with Crippen LogP contribution in [-0.2, 0) is 23.2 Å². The molecule has 0 saturated carbocycles. The molecule has 0 unspecified atom stereocenters. The molecule has 0 aromatic rings. The van der Waals surface area contributed by atoms with Crippen molar-refractivity contribution in [2.75, 3.05) is 19.4 Å². The molecular formula is C11H21O6P. The van der Waals surface area contributed by atoms with Crippen LogP contribution in [0.4, 0.5) is 0 Å². The van der Waals surface area contributed by atoms with Gasteiger partial charge in [-0.2, -0.15) is 0 Å². The van der Waals surface area contributed by atoms with Crippen LogP contribution >= 0.6 is 7.60 Å². The predicted octanol–water partition coefficient (Wildman–Crippen LogP) is 2.32. The number of carbonyl (C=O) groups is 2. The number of rotatable bonds is 9. The van der Waals surface area contributed by atoms with Gasteiger partial charge in [0.15, 0.2) is 5.78 Å². The molecule has 0 aliphatic carbocycles. The van der Waals surface area contributed by atoms with Gasteiger partial charge in [0.2, 0.25) is 0 Å². The minimum absolute atomic E-state index is 0.171. The third kappa shape index (κ3) is 5.76. The number of hydrogen-bond acceptors (Lipinski definition) is 5. The summed E-state index contributed by atoms with van der Waals surface area (Å²) < 4.78 is 22.2. The summed E-state index contributed by atoms with van der Waals surface area (Å²) in [5.41, 5.74) is -1.09. The van der Waals surface area contributed by atoms with Crippen molar-refractivity contribution < 1.29 is 28.3 Å². The van der Waals surface area contributed by atoms with E-state index in [0.717, 1.165) is 0 Å². The molecule has 6 nitrogen and oxygen atoms in total. The van der Waals surface area contributed by atoms with Gasteiger partial charge in [0.25, 0.3) is 0 Å². The third-order valence-electron chi connectivity index (χ3n) is 2.34. The fourth-order valence-corrected chi connectivity index (χ4v) is 3.21. The van der Waals surface area contributed by atoms with Gasteiger partial charge < -0.3 is 14.2 Å². The van der Waals surface area contributed by atoms with Crippen LogP contribution in [0.15, 0.2) is 0 Å². The van der Waals surface area contributed by atoms with E-state index in [2.05, 4.69) is 0 Å². The van der Waals surface area contributed by atoms with Crippen molar-refractivity contribution in [3.63, 3.8) is 0 Å². The van der Waals surface area contributed by atoms with E-state index in [-0.39, 0.29) is 19.6 Å². The van der Waals surface area contributed by atoms with E-state index in [1.807, 2.05) is 0 Å². The van der Waals surface area contributed by atoms with Crippen molar-refractivity contribution in [3.8, 4) is 0 Å².